The Morgan fingerprint density at radius 1 is 0.700 bits per heavy atom. The summed E-state index contributed by atoms with van der Waals surface area (Å²) in [7, 11) is -2.21. The SMILES string of the molecule is CCCCCCCCCCCCBr.CCOC1(CC)CCCC[Si]1(OCC)OCC. The third-order valence-corrected chi connectivity index (χ3v) is 11.5. The van der Waals surface area contributed by atoms with E-state index >= 15 is 0 Å². The van der Waals surface area contributed by atoms with Crippen LogP contribution in [0.4, 0.5) is 0 Å². The monoisotopic (exact) mass is 508 g/mol. The summed E-state index contributed by atoms with van der Waals surface area (Å²) < 4.78 is 18.5. The Hall–Kier alpha value is 0.577. The van der Waals surface area contributed by atoms with Gasteiger partial charge in [-0.1, -0.05) is 100 Å². The molecule has 182 valence electrons. The lowest BCUT2D eigenvalue weighted by atomic mass is 10.1. The topological polar surface area (TPSA) is 27.7 Å². The molecule has 1 fully saturated rings. The highest BCUT2D eigenvalue weighted by molar-refractivity contribution is 9.09. The van der Waals surface area contributed by atoms with Gasteiger partial charge >= 0.3 is 8.56 Å². The van der Waals surface area contributed by atoms with Crippen LogP contribution in [0, 0.1) is 0 Å². The molecular formula is C25H53BrO3Si. The molecule has 1 aliphatic rings. The van der Waals surface area contributed by atoms with Gasteiger partial charge in [0.15, 0.2) is 0 Å². The molecule has 0 N–H and O–H groups in total. The van der Waals surface area contributed by atoms with Crippen LogP contribution >= 0.6 is 15.9 Å². The van der Waals surface area contributed by atoms with E-state index in [-0.39, 0.29) is 5.22 Å². The molecule has 3 nitrogen and oxygen atoms in total. The highest BCUT2D eigenvalue weighted by atomic mass is 79.9. The van der Waals surface area contributed by atoms with Crippen molar-refractivity contribution in [3.63, 3.8) is 0 Å². The van der Waals surface area contributed by atoms with Crippen molar-refractivity contribution < 1.29 is 13.6 Å². The van der Waals surface area contributed by atoms with Crippen LogP contribution in [0.5, 0.6) is 0 Å². The maximum atomic E-state index is 6.16. The molecule has 0 radical (unpaired) electrons. The molecule has 1 unspecified atom stereocenters. The lowest BCUT2D eigenvalue weighted by Crippen LogP contribution is -2.65. The number of ether oxygens (including phenoxy) is 1. The predicted molar refractivity (Wildman–Crippen MR) is 138 cm³/mol. The van der Waals surface area contributed by atoms with Crippen LogP contribution in [0.15, 0.2) is 0 Å². The lowest BCUT2D eigenvalue weighted by molar-refractivity contribution is -0.0426. The van der Waals surface area contributed by atoms with Gasteiger partial charge in [-0.15, -0.1) is 0 Å². The van der Waals surface area contributed by atoms with E-state index in [1.54, 1.807) is 0 Å². The van der Waals surface area contributed by atoms with Crippen molar-refractivity contribution in [2.24, 2.45) is 0 Å². The lowest BCUT2D eigenvalue weighted by Gasteiger charge is -2.49. The van der Waals surface area contributed by atoms with Crippen molar-refractivity contribution in [1.82, 2.24) is 0 Å². The summed E-state index contributed by atoms with van der Waals surface area (Å²) in [6.07, 6.45) is 18.9. The minimum atomic E-state index is -2.21. The zero-order valence-corrected chi connectivity index (χ0v) is 23.6. The molecule has 1 atom stereocenters. The molecule has 0 spiro atoms. The maximum absolute atomic E-state index is 6.16. The van der Waals surface area contributed by atoms with Crippen molar-refractivity contribution in [1.29, 1.82) is 0 Å². The Balaban J connectivity index is 0.000000584. The summed E-state index contributed by atoms with van der Waals surface area (Å²) >= 11 is 3.46. The van der Waals surface area contributed by atoms with Crippen LogP contribution in [0.1, 0.15) is 125 Å². The molecule has 0 amide bonds. The first-order valence-electron chi connectivity index (χ1n) is 13.1. The number of hydrogen-bond donors (Lipinski definition) is 0. The van der Waals surface area contributed by atoms with E-state index in [9.17, 15) is 0 Å². The summed E-state index contributed by atoms with van der Waals surface area (Å²) in [5, 5.41) is 1.06. The van der Waals surface area contributed by atoms with Crippen molar-refractivity contribution in [2.75, 3.05) is 25.2 Å². The van der Waals surface area contributed by atoms with Gasteiger partial charge in [-0.05, 0) is 46.1 Å². The van der Waals surface area contributed by atoms with Crippen LogP contribution in [-0.2, 0) is 13.6 Å². The zero-order valence-electron chi connectivity index (χ0n) is 21.0. The Morgan fingerprint density at radius 3 is 1.67 bits per heavy atom. The second kappa shape index (κ2) is 20.2. The quantitative estimate of drug-likeness (QED) is 0.111. The molecule has 30 heavy (non-hydrogen) atoms. The van der Waals surface area contributed by atoms with E-state index in [4.69, 9.17) is 13.6 Å². The van der Waals surface area contributed by atoms with Gasteiger partial charge < -0.3 is 13.6 Å². The third-order valence-electron chi connectivity index (χ3n) is 6.26. The average molecular weight is 510 g/mol. The smallest absolute Gasteiger partial charge is 0.371 e. The van der Waals surface area contributed by atoms with Crippen LogP contribution < -0.4 is 0 Å². The average Bonchev–Trinajstić information content (AvgIpc) is 2.75. The van der Waals surface area contributed by atoms with Gasteiger partial charge in [0.2, 0.25) is 0 Å². The molecule has 0 aliphatic carbocycles. The fraction of sp³-hybridized carbons (Fsp3) is 1.00. The van der Waals surface area contributed by atoms with E-state index < -0.39 is 8.56 Å². The minimum Gasteiger partial charge on any atom is -0.393 e. The normalized spacial score (nSPS) is 20.6. The molecule has 1 aliphatic heterocycles. The van der Waals surface area contributed by atoms with Crippen LogP contribution in [0.25, 0.3) is 0 Å². The first-order valence-corrected chi connectivity index (χ1v) is 16.2. The maximum Gasteiger partial charge on any atom is 0.371 e. The Morgan fingerprint density at radius 2 is 1.23 bits per heavy atom. The fourth-order valence-corrected chi connectivity index (χ4v) is 9.55. The Labute approximate surface area is 198 Å². The fourth-order valence-electron chi connectivity index (χ4n) is 4.69. The van der Waals surface area contributed by atoms with Gasteiger partial charge in [0, 0.05) is 25.2 Å². The molecular weight excluding hydrogens is 456 g/mol. The van der Waals surface area contributed by atoms with Crippen LogP contribution in [0.3, 0.4) is 0 Å². The van der Waals surface area contributed by atoms with Crippen LogP contribution in [0.2, 0.25) is 6.04 Å². The van der Waals surface area contributed by atoms with Gasteiger partial charge in [0.25, 0.3) is 0 Å². The Bertz CT molecular complexity index is 345. The summed E-state index contributed by atoms with van der Waals surface area (Å²) in [4.78, 5) is 0. The molecule has 5 heteroatoms. The molecule has 0 bridgehead atoms. The van der Waals surface area contributed by atoms with Crippen molar-refractivity contribution in [2.45, 2.75) is 136 Å². The first-order chi connectivity index (χ1) is 14.6. The van der Waals surface area contributed by atoms with Crippen molar-refractivity contribution in [3.05, 3.63) is 0 Å². The summed E-state index contributed by atoms with van der Waals surface area (Å²) in [5.74, 6) is 0. The van der Waals surface area contributed by atoms with E-state index in [1.165, 1.54) is 82.4 Å². The molecule has 0 saturated carbocycles. The number of halogens is 1. The Kier molecular flexibility index (Phi) is 20.6. The second-order valence-corrected chi connectivity index (χ2v) is 12.8. The van der Waals surface area contributed by atoms with E-state index in [0.717, 1.165) is 38.7 Å². The summed E-state index contributed by atoms with van der Waals surface area (Å²) in [5.41, 5.74) is 0. The van der Waals surface area contributed by atoms with Gasteiger partial charge in [-0.25, -0.2) is 0 Å². The molecule has 0 aromatic carbocycles. The largest absolute Gasteiger partial charge is 0.393 e. The number of alkyl halides is 1. The molecule has 1 rings (SSSR count). The summed E-state index contributed by atoms with van der Waals surface area (Å²) in [6, 6.07) is 1.09. The minimum absolute atomic E-state index is 0.119. The van der Waals surface area contributed by atoms with E-state index in [1.807, 2.05) is 0 Å². The van der Waals surface area contributed by atoms with Gasteiger partial charge in [0.05, 0.1) is 0 Å². The number of rotatable bonds is 17. The predicted octanol–water partition coefficient (Wildman–Crippen LogP) is 8.71. The van der Waals surface area contributed by atoms with Gasteiger partial charge in [-0.2, -0.15) is 0 Å². The first kappa shape index (κ1) is 30.6. The molecule has 1 heterocycles. The van der Waals surface area contributed by atoms with Gasteiger partial charge in [-0.3, -0.25) is 0 Å². The highest BCUT2D eigenvalue weighted by Crippen LogP contribution is 2.42. The second-order valence-electron chi connectivity index (χ2n) is 8.48. The number of hydrogen-bond acceptors (Lipinski definition) is 3. The molecule has 0 aromatic rings. The molecule has 1 saturated heterocycles. The van der Waals surface area contributed by atoms with E-state index in [0.29, 0.717) is 0 Å². The standard InChI is InChI=1S/C13H28O3Si.C12H25Br/c1-5-13(14-6-2)11-9-10-12-17(13,15-7-3)16-8-4;1-2-3-4-5-6-7-8-9-10-11-12-13/h5-12H2,1-4H3;2-12H2,1H3. The van der Waals surface area contributed by atoms with E-state index in [2.05, 4.69) is 50.5 Å². The number of unbranched alkanes of at least 4 members (excludes halogenated alkanes) is 9. The van der Waals surface area contributed by atoms with Crippen molar-refractivity contribution in [3.8, 4) is 0 Å². The third kappa shape index (κ3) is 11.4. The van der Waals surface area contributed by atoms with Crippen molar-refractivity contribution >= 4 is 24.5 Å². The highest BCUT2D eigenvalue weighted by Gasteiger charge is 2.58. The molecule has 0 aromatic heterocycles. The van der Waals surface area contributed by atoms with Gasteiger partial charge in [0.1, 0.15) is 5.22 Å². The van der Waals surface area contributed by atoms with Crippen LogP contribution in [-0.4, -0.2) is 38.9 Å². The summed E-state index contributed by atoms with van der Waals surface area (Å²) in [6.45, 7) is 12.9. The zero-order chi connectivity index (χ0) is 22.6.